The van der Waals surface area contributed by atoms with Gasteiger partial charge < -0.3 is 0 Å². The maximum atomic E-state index is 12.4. The SMILES string of the molecule is CCCCOCCOC(C)OC(=O)[CH](C)[Sn](=[S])[CH](C)C(=O)OC(C)OCCOCCCC. The van der Waals surface area contributed by atoms with Gasteiger partial charge in [0.1, 0.15) is 0 Å². The number of unbranched alkanes of at least 4 members (excludes halogenated alkanes) is 2. The van der Waals surface area contributed by atoms with E-state index < -0.39 is 50.2 Å². The van der Waals surface area contributed by atoms with Crippen LogP contribution in [-0.2, 0) is 38.0 Å². The molecule has 0 spiro atoms. The molecule has 0 amide bonds. The molecule has 4 unspecified atom stereocenters. The molecule has 188 valence electrons. The van der Waals surface area contributed by atoms with Crippen LogP contribution in [0, 0.1) is 0 Å². The Labute approximate surface area is 203 Å². The number of hydrogen-bond acceptors (Lipinski definition) is 9. The fourth-order valence-corrected chi connectivity index (χ4v) is 7.60. The Kier molecular flexibility index (Phi) is 20.1. The first-order valence-corrected chi connectivity index (χ1v) is 18.8. The normalized spacial score (nSPS) is 14.9. The first kappa shape index (κ1) is 31.8. The number of esters is 2. The van der Waals surface area contributed by atoms with E-state index in [1.54, 1.807) is 27.7 Å². The van der Waals surface area contributed by atoms with Gasteiger partial charge in [0.25, 0.3) is 0 Å². The van der Waals surface area contributed by atoms with Crippen molar-refractivity contribution in [2.45, 2.75) is 87.7 Å². The standard InChI is InChI=1S/2C11H21O4.S.Sn/c2*1-4-6-7-13-8-9-14-10(3)15-11(12)5-2;;/h2*5,10H,4,6-9H2,1-3H3;;. The van der Waals surface area contributed by atoms with Crippen LogP contribution in [0.3, 0.4) is 0 Å². The maximum absolute atomic E-state index is 12.4. The Bertz CT molecular complexity index is 490. The van der Waals surface area contributed by atoms with Gasteiger partial charge in [-0.1, -0.05) is 0 Å². The Morgan fingerprint density at radius 2 is 1.06 bits per heavy atom. The molecule has 0 aromatic rings. The summed E-state index contributed by atoms with van der Waals surface area (Å²) in [7, 11) is 5.61. The molecule has 0 bridgehead atoms. The number of rotatable bonds is 20. The third kappa shape index (κ3) is 15.6. The van der Waals surface area contributed by atoms with Gasteiger partial charge in [-0.05, 0) is 0 Å². The quantitative estimate of drug-likeness (QED) is 0.0893. The molecule has 32 heavy (non-hydrogen) atoms. The Balaban J connectivity index is 4.22. The van der Waals surface area contributed by atoms with Crippen molar-refractivity contribution < 1.29 is 38.0 Å². The molecule has 0 rings (SSSR count). The Morgan fingerprint density at radius 3 is 1.41 bits per heavy atom. The summed E-state index contributed by atoms with van der Waals surface area (Å²) in [6.07, 6.45) is 2.78. The fourth-order valence-electron chi connectivity index (χ4n) is 2.45. The summed E-state index contributed by atoms with van der Waals surface area (Å²) in [5, 5.41) is 0. The van der Waals surface area contributed by atoms with E-state index in [0.29, 0.717) is 39.6 Å². The van der Waals surface area contributed by atoms with Gasteiger partial charge in [-0.15, -0.1) is 0 Å². The average molecular weight is 585 g/mol. The minimum atomic E-state index is -2.89. The molecule has 0 heterocycles. The van der Waals surface area contributed by atoms with Crippen molar-refractivity contribution in [3.8, 4) is 0 Å². The van der Waals surface area contributed by atoms with Crippen LogP contribution >= 0.6 is 9.29 Å². The molecule has 0 aliphatic rings. The van der Waals surface area contributed by atoms with Gasteiger partial charge in [0, 0.05) is 0 Å². The van der Waals surface area contributed by atoms with Gasteiger partial charge >= 0.3 is 204 Å². The van der Waals surface area contributed by atoms with Crippen molar-refractivity contribution in [2.75, 3.05) is 39.6 Å². The van der Waals surface area contributed by atoms with Crippen LogP contribution < -0.4 is 0 Å². The average Bonchev–Trinajstić information content (AvgIpc) is 2.76. The minimum absolute atomic E-state index is 0.344. The second-order valence-electron chi connectivity index (χ2n) is 7.53. The molecule has 0 aromatic heterocycles. The summed E-state index contributed by atoms with van der Waals surface area (Å²) < 4.78 is 31.4. The first-order chi connectivity index (χ1) is 15.2. The molecule has 0 N–H and O–H groups in total. The summed E-state index contributed by atoms with van der Waals surface area (Å²) in [6.45, 7) is 13.9. The molecule has 0 aliphatic carbocycles. The predicted molar refractivity (Wildman–Crippen MR) is 127 cm³/mol. The second-order valence-corrected chi connectivity index (χ2v) is 17.9. The molecule has 10 heteroatoms. The molecule has 0 fully saturated rings. The first-order valence-electron chi connectivity index (χ1n) is 11.6. The molecule has 0 radical (unpaired) electrons. The van der Waals surface area contributed by atoms with E-state index in [1.807, 2.05) is 0 Å². The summed E-state index contributed by atoms with van der Waals surface area (Å²) in [5.74, 6) is -0.857. The van der Waals surface area contributed by atoms with Crippen LogP contribution in [0.5, 0.6) is 0 Å². The van der Waals surface area contributed by atoms with Gasteiger partial charge in [-0.3, -0.25) is 0 Å². The summed E-state index contributed by atoms with van der Waals surface area (Å²) in [4.78, 5) is 24.9. The van der Waals surface area contributed by atoms with E-state index in [2.05, 4.69) is 13.8 Å². The van der Waals surface area contributed by atoms with Crippen LogP contribution in [0.1, 0.15) is 67.2 Å². The topological polar surface area (TPSA) is 89.5 Å². The fraction of sp³-hybridized carbons (Fsp3) is 0.909. The summed E-state index contributed by atoms with van der Waals surface area (Å²) >= 11 is -2.89. The molecule has 0 saturated carbocycles. The van der Waals surface area contributed by atoms with Crippen LogP contribution in [0.2, 0.25) is 7.87 Å². The zero-order valence-electron chi connectivity index (χ0n) is 20.6. The number of hydrogen-bond donors (Lipinski definition) is 0. The van der Waals surface area contributed by atoms with Crippen LogP contribution in [-0.4, -0.2) is 82.0 Å². The van der Waals surface area contributed by atoms with Crippen molar-refractivity contribution >= 4 is 39.0 Å². The van der Waals surface area contributed by atoms with E-state index in [9.17, 15) is 9.59 Å². The van der Waals surface area contributed by atoms with Crippen molar-refractivity contribution in [3.05, 3.63) is 0 Å². The van der Waals surface area contributed by atoms with Gasteiger partial charge in [0.2, 0.25) is 0 Å². The molecular weight excluding hydrogens is 543 g/mol. The molecule has 0 saturated heterocycles. The van der Waals surface area contributed by atoms with Crippen molar-refractivity contribution in [3.63, 3.8) is 0 Å². The number of carbonyl (C=O) groups excluding carboxylic acids is 2. The molecule has 0 aromatic carbocycles. The van der Waals surface area contributed by atoms with Crippen LogP contribution in [0.25, 0.3) is 0 Å². The summed E-state index contributed by atoms with van der Waals surface area (Å²) in [6, 6.07) is 0. The number of carbonyl (C=O) groups is 2. The van der Waals surface area contributed by atoms with Crippen molar-refractivity contribution in [2.24, 2.45) is 0 Å². The van der Waals surface area contributed by atoms with Crippen LogP contribution in [0.15, 0.2) is 0 Å². The van der Waals surface area contributed by atoms with Crippen molar-refractivity contribution in [1.29, 1.82) is 0 Å². The second kappa shape index (κ2) is 20.2. The predicted octanol–water partition coefficient (Wildman–Crippen LogP) is 4.40. The van der Waals surface area contributed by atoms with Gasteiger partial charge in [-0.25, -0.2) is 0 Å². The van der Waals surface area contributed by atoms with E-state index in [-0.39, 0.29) is 0 Å². The van der Waals surface area contributed by atoms with Crippen molar-refractivity contribution in [1.82, 2.24) is 0 Å². The molecular formula is C22H42O8SSn. The Morgan fingerprint density at radius 1 is 0.688 bits per heavy atom. The van der Waals surface area contributed by atoms with E-state index in [4.69, 9.17) is 37.7 Å². The van der Waals surface area contributed by atoms with E-state index >= 15 is 0 Å². The third-order valence-electron chi connectivity index (χ3n) is 4.57. The van der Waals surface area contributed by atoms with E-state index in [0.717, 1.165) is 25.7 Å². The van der Waals surface area contributed by atoms with Gasteiger partial charge in [0.15, 0.2) is 0 Å². The van der Waals surface area contributed by atoms with Crippen LogP contribution in [0.4, 0.5) is 0 Å². The third-order valence-corrected chi connectivity index (χ3v) is 15.5. The summed E-state index contributed by atoms with van der Waals surface area (Å²) in [5.41, 5.74) is 0. The zero-order chi connectivity index (χ0) is 24.4. The Hall–Kier alpha value is -0.201. The zero-order valence-corrected chi connectivity index (χ0v) is 24.2. The van der Waals surface area contributed by atoms with Gasteiger partial charge in [0.05, 0.1) is 0 Å². The molecule has 0 aliphatic heterocycles. The number of ether oxygens (including phenoxy) is 6. The molecule has 8 nitrogen and oxygen atoms in total. The van der Waals surface area contributed by atoms with E-state index in [1.165, 1.54) is 0 Å². The van der Waals surface area contributed by atoms with Gasteiger partial charge in [-0.2, -0.15) is 0 Å². The molecule has 4 atom stereocenters. The monoisotopic (exact) mass is 586 g/mol.